The smallest absolute Gasteiger partial charge is 0.308 e. The van der Waals surface area contributed by atoms with Gasteiger partial charge in [0.15, 0.2) is 24.0 Å². The van der Waals surface area contributed by atoms with E-state index in [1.165, 1.54) is 24.8 Å². The number of benzene rings is 1. The highest BCUT2D eigenvalue weighted by molar-refractivity contribution is 9.10. The van der Waals surface area contributed by atoms with Gasteiger partial charge in [-0.05, 0) is 25.1 Å². The van der Waals surface area contributed by atoms with Crippen LogP contribution in [-0.2, 0) is 58.2 Å². The summed E-state index contributed by atoms with van der Waals surface area (Å²) in [5, 5.41) is 0. The topological polar surface area (TPSA) is 161 Å². The number of carbonyl (C=O) groups is 6. The molecule has 1 fully saturated rings. The Kier molecular flexibility index (Phi) is 11.2. The fourth-order valence-corrected chi connectivity index (χ4v) is 4.73. The minimum absolute atomic E-state index is 0.110. The molecule has 1 aliphatic heterocycles. The van der Waals surface area contributed by atoms with Crippen molar-refractivity contribution in [3.8, 4) is 5.75 Å². The molecule has 0 bridgehead atoms. The maximum atomic E-state index is 12.9. The van der Waals surface area contributed by atoms with Gasteiger partial charge in [0.05, 0.1) is 6.54 Å². The molecule has 0 N–H and O–H groups in total. The van der Waals surface area contributed by atoms with E-state index >= 15 is 0 Å². The summed E-state index contributed by atoms with van der Waals surface area (Å²) in [7, 11) is 0. The number of hydrogen-bond acceptors (Lipinski definition) is 12. The molecule has 1 saturated heterocycles. The minimum Gasteiger partial charge on any atom is -0.462 e. The molecule has 13 nitrogen and oxygen atoms in total. The highest BCUT2D eigenvalue weighted by Crippen LogP contribution is 2.44. The largest absolute Gasteiger partial charge is 0.462 e. The first kappa shape index (κ1) is 32.7. The molecule has 2 rings (SSSR count). The third-order valence-corrected chi connectivity index (χ3v) is 6.26. The van der Waals surface area contributed by atoms with Crippen LogP contribution in [0.15, 0.2) is 22.7 Å². The molecule has 1 heterocycles. The Hall–Kier alpha value is -3.52. The highest BCUT2D eigenvalue weighted by Gasteiger charge is 2.54. The van der Waals surface area contributed by atoms with Crippen molar-refractivity contribution in [2.75, 3.05) is 13.2 Å². The molecule has 220 valence electrons. The lowest BCUT2D eigenvalue weighted by molar-refractivity contribution is -0.205. The van der Waals surface area contributed by atoms with Crippen molar-refractivity contribution in [1.82, 2.24) is 4.90 Å². The minimum atomic E-state index is -1.57. The number of hydrogen-bond donors (Lipinski definition) is 0. The molecular formula is C26H32BrNO12. The van der Waals surface area contributed by atoms with Crippen molar-refractivity contribution in [2.45, 2.75) is 78.6 Å². The molecule has 0 unspecified atom stereocenters. The number of amides is 1. The van der Waals surface area contributed by atoms with Gasteiger partial charge in [-0.15, -0.1) is 0 Å². The number of halogens is 1. The van der Waals surface area contributed by atoms with Gasteiger partial charge in [0, 0.05) is 51.6 Å². The molecule has 1 aromatic carbocycles. The van der Waals surface area contributed by atoms with Gasteiger partial charge in [-0.25, -0.2) is 0 Å². The van der Waals surface area contributed by atoms with Crippen molar-refractivity contribution in [1.29, 1.82) is 0 Å². The Morgan fingerprint density at radius 3 is 2.02 bits per heavy atom. The second kappa shape index (κ2) is 13.7. The van der Waals surface area contributed by atoms with Crippen LogP contribution in [0.1, 0.15) is 54.0 Å². The average Bonchev–Trinajstić information content (AvgIpc) is 3.17. The van der Waals surface area contributed by atoms with Crippen molar-refractivity contribution in [3.63, 3.8) is 0 Å². The average molecular weight is 630 g/mol. The first-order chi connectivity index (χ1) is 18.5. The molecule has 5 atom stereocenters. The highest BCUT2D eigenvalue weighted by atomic mass is 79.9. The number of rotatable bonds is 10. The Labute approximate surface area is 239 Å². The zero-order chi connectivity index (χ0) is 30.4. The van der Waals surface area contributed by atoms with Gasteiger partial charge in [-0.3, -0.25) is 28.8 Å². The van der Waals surface area contributed by atoms with E-state index in [0.29, 0.717) is 4.47 Å². The SMILES string of the molecule is CC(=O)OC[C@@H](OC(C)=O)[C@@H](OC(C)=O)[C@H](OC(C)=O)[C@@H]1CN(C(C)=O)[C@](C)(c2cc(Br)ccc2OC(C)=O)O1. The number of nitrogens with zero attached hydrogens (tertiary/aromatic N) is 1. The summed E-state index contributed by atoms with van der Waals surface area (Å²) in [6, 6.07) is 4.75. The van der Waals surface area contributed by atoms with E-state index in [9.17, 15) is 28.8 Å². The maximum absolute atomic E-state index is 12.9. The van der Waals surface area contributed by atoms with Crippen molar-refractivity contribution >= 4 is 51.7 Å². The van der Waals surface area contributed by atoms with Gasteiger partial charge in [0.25, 0.3) is 0 Å². The van der Waals surface area contributed by atoms with E-state index in [2.05, 4.69) is 15.9 Å². The van der Waals surface area contributed by atoms with Crippen LogP contribution in [0.4, 0.5) is 0 Å². The third-order valence-electron chi connectivity index (χ3n) is 5.76. The summed E-state index contributed by atoms with van der Waals surface area (Å²) >= 11 is 3.37. The lowest BCUT2D eigenvalue weighted by atomic mass is 10.0. The molecule has 1 aromatic rings. The Morgan fingerprint density at radius 2 is 1.52 bits per heavy atom. The van der Waals surface area contributed by atoms with Crippen LogP contribution < -0.4 is 4.74 Å². The van der Waals surface area contributed by atoms with E-state index in [0.717, 1.165) is 27.7 Å². The molecule has 1 amide bonds. The molecular weight excluding hydrogens is 598 g/mol. The predicted octanol–water partition coefficient (Wildman–Crippen LogP) is 2.15. The van der Waals surface area contributed by atoms with Gasteiger partial charge < -0.3 is 33.3 Å². The summed E-state index contributed by atoms with van der Waals surface area (Å²) in [5.41, 5.74) is -1.28. The van der Waals surface area contributed by atoms with Crippen LogP contribution in [0.25, 0.3) is 0 Å². The number of carbonyl (C=O) groups excluding carboxylic acids is 6. The number of esters is 5. The Morgan fingerprint density at radius 1 is 0.925 bits per heavy atom. The van der Waals surface area contributed by atoms with E-state index in [1.54, 1.807) is 19.1 Å². The predicted molar refractivity (Wildman–Crippen MR) is 138 cm³/mol. The van der Waals surface area contributed by atoms with E-state index in [1.807, 2.05) is 0 Å². The number of ether oxygens (including phenoxy) is 6. The molecule has 40 heavy (non-hydrogen) atoms. The summed E-state index contributed by atoms with van der Waals surface area (Å²) in [6.07, 6.45) is -5.53. The second-order valence-electron chi connectivity index (χ2n) is 9.10. The molecule has 14 heteroatoms. The summed E-state index contributed by atoms with van der Waals surface area (Å²) in [6.45, 7) is 7.76. The monoisotopic (exact) mass is 629 g/mol. The molecule has 0 radical (unpaired) electrons. The molecule has 0 aromatic heterocycles. The van der Waals surface area contributed by atoms with Crippen LogP contribution in [-0.4, -0.2) is 78.2 Å². The lowest BCUT2D eigenvalue weighted by Crippen LogP contribution is -2.53. The zero-order valence-electron chi connectivity index (χ0n) is 23.2. The first-order valence-corrected chi connectivity index (χ1v) is 12.9. The lowest BCUT2D eigenvalue weighted by Gasteiger charge is -2.36. The molecule has 0 spiro atoms. The van der Waals surface area contributed by atoms with Crippen LogP contribution >= 0.6 is 15.9 Å². The fraction of sp³-hybridized carbons (Fsp3) is 0.538. The van der Waals surface area contributed by atoms with Crippen molar-refractivity contribution < 1.29 is 57.2 Å². The van der Waals surface area contributed by atoms with Crippen LogP contribution in [0, 0.1) is 0 Å². The Balaban J connectivity index is 2.66. The van der Waals surface area contributed by atoms with Crippen molar-refractivity contribution in [3.05, 3.63) is 28.2 Å². The van der Waals surface area contributed by atoms with Gasteiger partial charge in [0.2, 0.25) is 5.91 Å². The van der Waals surface area contributed by atoms with E-state index in [4.69, 9.17) is 28.4 Å². The van der Waals surface area contributed by atoms with Crippen molar-refractivity contribution in [2.24, 2.45) is 0 Å². The maximum Gasteiger partial charge on any atom is 0.308 e. The van der Waals surface area contributed by atoms with Gasteiger partial charge in [-0.1, -0.05) is 15.9 Å². The second-order valence-corrected chi connectivity index (χ2v) is 10.0. The quantitative estimate of drug-likeness (QED) is 0.211. The zero-order valence-corrected chi connectivity index (χ0v) is 24.8. The molecule has 0 saturated carbocycles. The first-order valence-electron chi connectivity index (χ1n) is 12.1. The van der Waals surface area contributed by atoms with E-state index in [-0.39, 0.29) is 17.9 Å². The molecule has 0 aliphatic carbocycles. The van der Waals surface area contributed by atoms with E-state index < -0.39 is 72.5 Å². The third kappa shape index (κ3) is 8.49. The summed E-state index contributed by atoms with van der Waals surface area (Å²) in [5.74, 6) is -4.07. The summed E-state index contributed by atoms with van der Waals surface area (Å²) in [4.78, 5) is 73.7. The van der Waals surface area contributed by atoms with Crippen LogP contribution in [0.3, 0.4) is 0 Å². The van der Waals surface area contributed by atoms with Gasteiger partial charge >= 0.3 is 29.8 Å². The Bertz CT molecular complexity index is 1170. The molecule has 1 aliphatic rings. The normalized spacial score (nSPS) is 20.5. The van der Waals surface area contributed by atoms with Gasteiger partial charge in [0.1, 0.15) is 18.5 Å². The standard InChI is InChI=1S/C26H32BrNO12/c1-13(29)28-11-22(40-26(28,7)20-10-19(27)8-9-21(20)36-15(3)31)24(38-17(5)33)25(39-18(6)34)23(37-16(4)32)12-35-14(2)30/h8-10,22-25H,11-12H2,1-7H3/t22-,23+,24+,25+,26-/m0/s1. The van der Waals surface area contributed by atoms with Gasteiger partial charge in [-0.2, -0.15) is 0 Å². The fourth-order valence-electron chi connectivity index (χ4n) is 4.37. The summed E-state index contributed by atoms with van der Waals surface area (Å²) < 4.78 is 33.6. The van der Waals surface area contributed by atoms with Crippen LogP contribution in [0.2, 0.25) is 0 Å². The van der Waals surface area contributed by atoms with Crippen LogP contribution in [0.5, 0.6) is 5.75 Å².